The zero-order valence-electron chi connectivity index (χ0n) is 29.4. The lowest BCUT2D eigenvalue weighted by atomic mass is 10.2. The molecule has 1 aliphatic rings. The SMILES string of the molecule is N#CN1CCOC(C(=O)Nc2cn(-c3ccccc3)cn2)C1.Nc1cn(-c2ccccc2)cn1.O=[N+]([O-])c1cn(-c2ccccc2)cn1.O=[N+]([O-])c1cnc[nH]1. The number of anilines is 2. The molecule has 7 aromatic rings. The molecule has 1 aliphatic heterocycles. The molecular formula is C36H34N14O6. The Kier molecular flexibility index (Phi) is 13.7. The zero-order valence-corrected chi connectivity index (χ0v) is 29.4. The van der Waals surface area contributed by atoms with Crippen molar-refractivity contribution < 1.29 is 19.4 Å². The number of nitriles is 1. The third-order valence-corrected chi connectivity index (χ3v) is 7.54. The molecule has 0 radical (unpaired) electrons. The van der Waals surface area contributed by atoms with Crippen molar-refractivity contribution in [3.05, 3.63) is 161 Å². The summed E-state index contributed by atoms with van der Waals surface area (Å²) in [6.07, 6.45) is 13.5. The van der Waals surface area contributed by atoms with E-state index in [2.05, 4.69) is 30.2 Å². The fourth-order valence-electron chi connectivity index (χ4n) is 4.81. The molecule has 8 rings (SSSR count). The highest BCUT2D eigenvalue weighted by molar-refractivity contribution is 5.93. The molecule has 0 aliphatic carbocycles. The van der Waals surface area contributed by atoms with Gasteiger partial charge in [0.25, 0.3) is 5.91 Å². The maximum absolute atomic E-state index is 12.2. The van der Waals surface area contributed by atoms with Gasteiger partial charge in [-0.2, -0.15) is 5.26 Å². The largest absolute Gasteiger partial charge is 0.382 e. The van der Waals surface area contributed by atoms with Crippen molar-refractivity contribution in [2.24, 2.45) is 0 Å². The maximum Gasteiger partial charge on any atom is 0.381 e. The molecule has 56 heavy (non-hydrogen) atoms. The van der Waals surface area contributed by atoms with Crippen molar-refractivity contribution in [1.82, 2.24) is 43.5 Å². The van der Waals surface area contributed by atoms with E-state index in [4.69, 9.17) is 15.7 Å². The summed E-state index contributed by atoms with van der Waals surface area (Å²) in [5.74, 6) is 0.475. The minimum Gasteiger partial charge on any atom is -0.382 e. The third-order valence-electron chi connectivity index (χ3n) is 7.54. The number of nitrogen functional groups attached to an aromatic ring is 1. The summed E-state index contributed by atoms with van der Waals surface area (Å²) < 4.78 is 10.7. The number of hydrogen-bond acceptors (Lipinski definition) is 13. The number of carbonyl (C=O) groups is 1. The van der Waals surface area contributed by atoms with Gasteiger partial charge in [0.05, 0.1) is 32.1 Å². The number of hydrogen-bond donors (Lipinski definition) is 3. The molecule has 0 spiro atoms. The summed E-state index contributed by atoms with van der Waals surface area (Å²) in [6, 6.07) is 28.9. The second-order valence-corrected chi connectivity index (χ2v) is 11.4. The van der Waals surface area contributed by atoms with Gasteiger partial charge in [-0.15, -0.1) is 0 Å². The van der Waals surface area contributed by atoms with Gasteiger partial charge in [-0.05, 0) is 51.2 Å². The van der Waals surface area contributed by atoms with Gasteiger partial charge in [-0.1, -0.05) is 54.6 Å². The Bertz CT molecular complexity index is 2320. The molecule has 1 amide bonds. The third kappa shape index (κ3) is 11.4. The molecule has 20 heteroatoms. The fourth-order valence-corrected chi connectivity index (χ4v) is 4.81. The lowest BCUT2D eigenvalue weighted by Gasteiger charge is -2.27. The molecule has 5 heterocycles. The first kappa shape index (κ1) is 39.0. The van der Waals surface area contributed by atoms with Crippen LogP contribution in [0.1, 0.15) is 0 Å². The number of aromatic amines is 1. The highest BCUT2D eigenvalue weighted by atomic mass is 16.6. The Morgan fingerprint density at radius 1 is 0.821 bits per heavy atom. The van der Waals surface area contributed by atoms with Gasteiger partial charge in [0.15, 0.2) is 24.4 Å². The van der Waals surface area contributed by atoms with Crippen molar-refractivity contribution in [3.8, 4) is 23.3 Å². The predicted molar refractivity (Wildman–Crippen MR) is 203 cm³/mol. The van der Waals surface area contributed by atoms with Crippen LogP contribution in [0.15, 0.2) is 141 Å². The normalized spacial score (nSPS) is 12.9. The number of para-hydroxylation sites is 3. The molecule has 4 aromatic heterocycles. The number of H-pyrrole nitrogens is 1. The fraction of sp³-hybridized carbons (Fsp3) is 0.111. The minimum atomic E-state index is -0.657. The molecule has 1 saturated heterocycles. The first-order valence-electron chi connectivity index (χ1n) is 16.6. The van der Waals surface area contributed by atoms with Crippen LogP contribution in [-0.4, -0.2) is 85.1 Å². The molecule has 1 unspecified atom stereocenters. The number of aromatic nitrogens is 8. The molecule has 1 atom stereocenters. The Balaban J connectivity index is 0.000000153. The number of rotatable bonds is 7. The van der Waals surface area contributed by atoms with Gasteiger partial charge < -0.3 is 50.1 Å². The number of carbonyl (C=O) groups excluding carboxylic acids is 1. The van der Waals surface area contributed by atoms with Crippen molar-refractivity contribution >= 4 is 29.2 Å². The van der Waals surface area contributed by atoms with Gasteiger partial charge in [-0.25, -0.2) is 19.9 Å². The molecule has 0 bridgehead atoms. The molecule has 0 saturated carbocycles. The minimum absolute atomic E-state index is 0.0787. The van der Waals surface area contributed by atoms with Gasteiger partial charge >= 0.3 is 11.6 Å². The van der Waals surface area contributed by atoms with E-state index in [1.54, 1.807) is 29.6 Å². The van der Waals surface area contributed by atoms with E-state index in [0.717, 1.165) is 23.3 Å². The summed E-state index contributed by atoms with van der Waals surface area (Å²) in [5, 5.41) is 31.8. The molecule has 3 aromatic carbocycles. The number of nitrogens with one attached hydrogen (secondary N) is 2. The van der Waals surface area contributed by atoms with Gasteiger partial charge in [-0.3, -0.25) is 9.36 Å². The van der Waals surface area contributed by atoms with Crippen LogP contribution in [0.2, 0.25) is 0 Å². The van der Waals surface area contributed by atoms with Crippen molar-refractivity contribution in [2.45, 2.75) is 6.10 Å². The first-order valence-corrected chi connectivity index (χ1v) is 16.6. The Morgan fingerprint density at radius 2 is 1.38 bits per heavy atom. The number of benzene rings is 3. The number of imidazole rings is 4. The van der Waals surface area contributed by atoms with Crippen LogP contribution < -0.4 is 11.1 Å². The maximum atomic E-state index is 12.2. The zero-order chi connectivity index (χ0) is 39.7. The topological polar surface area (TPSA) is 260 Å². The monoisotopic (exact) mass is 758 g/mol. The number of amides is 1. The van der Waals surface area contributed by atoms with Crippen LogP contribution in [0.3, 0.4) is 0 Å². The Labute approximate surface area is 318 Å². The number of morpholine rings is 1. The Morgan fingerprint density at radius 3 is 1.84 bits per heavy atom. The summed E-state index contributed by atoms with van der Waals surface area (Å²) in [4.78, 5) is 50.3. The van der Waals surface area contributed by atoms with E-state index >= 15 is 0 Å². The second kappa shape index (κ2) is 19.6. The van der Waals surface area contributed by atoms with Gasteiger partial charge in [0.2, 0.25) is 6.33 Å². The van der Waals surface area contributed by atoms with Crippen molar-refractivity contribution in [3.63, 3.8) is 0 Å². The van der Waals surface area contributed by atoms with E-state index in [1.165, 1.54) is 23.8 Å². The lowest BCUT2D eigenvalue weighted by molar-refractivity contribution is -0.389. The average Bonchev–Trinajstić information content (AvgIpc) is 4.09. The number of nitro groups is 2. The number of ether oxygens (including phenoxy) is 1. The Hall–Kier alpha value is -8.18. The average molecular weight is 759 g/mol. The van der Waals surface area contributed by atoms with Crippen LogP contribution in [0.25, 0.3) is 17.1 Å². The molecular weight excluding hydrogens is 724 g/mol. The van der Waals surface area contributed by atoms with Crippen molar-refractivity contribution in [2.75, 3.05) is 30.7 Å². The summed E-state index contributed by atoms with van der Waals surface area (Å²) in [6.45, 7) is 1.15. The van der Waals surface area contributed by atoms with Crippen LogP contribution in [0, 0.1) is 31.7 Å². The van der Waals surface area contributed by atoms with Gasteiger partial charge in [0.1, 0.15) is 30.9 Å². The van der Waals surface area contributed by atoms with Crippen molar-refractivity contribution in [1.29, 1.82) is 5.26 Å². The van der Waals surface area contributed by atoms with E-state index in [9.17, 15) is 25.0 Å². The summed E-state index contributed by atoms with van der Waals surface area (Å²) >= 11 is 0. The number of nitrogens with zero attached hydrogens (tertiary/aromatic N) is 11. The molecule has 4 N–H and O–H groups in total. The first-order chi connectivity index (χ1) is 27.2. The molecule has 1 fully saturated rings. The highest BCUT2D eigenvalue weighted by Crippen LogP contribution is 2.14. The molecule has 20 nitrogen and oxygen atoms in total. The summed E-state index contributed by atoms with van der Waals surface area (Å²) in [7, 11) is 0. The molecule has 284 valence electrons. The van der Waals surface area contributed by atoms with Gasteiger partial charge in [0, 0.05) is 17.1 Å². The van der Waals surface area contributed by atoms with Crippen LogP contribution in [0.4, 0.5) is 23.3 Å². The standard InChI is InChI=1S/C15H15N5O2.C9H7N3O2.C9H9N3.C3H3N3O2/c16-10-19-6-7-22-13(8-19)15(21)18-14-9-20(11-17-14)12-4-2-1-3-5-12;13-12(14)9-6-11(7-10-9)8-4-2-1-3-5-8;10-9-6-12(7-11-9)8-4-2-1-3-5-8;7-6(8)3-1-4-2-5-3/h1-5,9,11,13H,6-8H2,(H,18,21);1-7H;1-7H,10H2;1-2H,(H,4,5). The van der Waals surface area contributed by atoms with Crippen LogP contribution in [-0.2, 0) is 9.53 Å². The van der Waals surface area contributed by atoms with E-state index < -0.39 is 16.0 Å². The predicted octanol–water partition coefficient (Wildman–Crippen LogP) is 4.55. The quantitative estimate of drug-likeness (QED) is 0.115. The van der Waals surface area contributed by atoms with Crippen LogP contribution in [0.5, 0.6) is 0 Å². The van der Waals surface area contributed by atoms with E-state index in [-0.39, 0.29) is 24.1 Å². The lowest BCUT2D eigenvalue weighted by Crippen LogP contribution is -2.46. The second-order valence-electron chi connectivity index (χ2n) is 11.4. The van der Waals surface area contributed by atoms with E-state index in [0.29, 0.717) is 24.8 Å². The smallest absolute Gasteiger partial charge is 0.381 e. The van der Waals surface area contributed by atoms with E-state index in [1.807, 2.05) is 106 Å². The number of nitrogens with two attached hydrogens (primary N) is 1. The summed E-state index contributed by atoms with van der Waals surface area (Å²) in [5.41, 5.74) is 8.37. The van der Waals surface area contributed by atoms with Crippen LogP contribution >= 0.6 is 0 Å². The highest BCUT2D eigenvalue weighted by Gasteiger charge is 2.26.